The van der Waals surface area contributed by atoms with Gasteiger partial charge in [-0.3, -0.25) is 0 Å². The van der Waals surface area contributed by atoms with Gasteiger partial charge < -0.3 is 18.9 Å². The lowest BCUT2D eigenvalue weighted by Gasteiger charge is -2.31. The highest BCUT2D eigenvalue weighted by molar-refractivity contribution is 9.10. The van der Waals surface area contributed by atoms with Crippen LogP contribution in [0.2, 0.25) is 0 Å². The summed E-state index contributed by atoms with van der Waals surface area (Å²) >= 11 is 7.71. The molecule has 49 heavy (non-hydrogen) atoms. The molecule has 1 aliphatic heterocycles. The van der Waals surface area contributed by atoms with E-state index in [2.05, 4.69) is 141 Å². The Morgan fingerprint density at radius 2 is 1.35 bits per heavy atom. The first-order valence-electron chi connectivity index (χ1n) is 18.2. The van der Waals surface area contributed by atoms with E-state index in [0.717, 1.165) is 68.8 Å². The van der Waals surface area contributed by atoms with E-state index in [1.165, 1.54) is 33.4 Å². The van der Waals surface area contributed by atoms with Gasteiger partial charge in [0, 0.05) is 14.9 Å². The summed E-state index contributed by atoms with van der Waals surface area (Å²) in [6.45, 7) is 16.8. The second kappa shape index (κ2) is 13.6. The zero-order valence-corrected chi connectivity index (χ0v) is 33.0. The molecule has 6 heteroatoms. The smallest absolute Gasteiger partial charge is 0.162 e. The normalized spacial score (nSPS) is 19.7. The second-order valence-electron chi connectivity index (χ2n) is 14.4. The molecule has 3 aliphatic rings. The molecule has 0 aromatic heterocycles. The molecular formula is C43H48Br2O4. The monoisotopic (exact) mass is 786 g/mol. The summed E-state index contributed by atoms with van der Waals surface area (Å²) < 4.78 is 29.2. The van der Waals surface area contributed by atoms with E-state index in [-0.39, 0.29) is 12.2 Å². The molecule has 1 heterocycles. The Kier molecular flexibility index (Phi) is 9.60. The molecule has 4 nitrogen and oxygen atoms in total. The van der Waals surface area contributed by atoms with Gasteiger partial charge in [0.15, 0.2) is 23.0 Å². The van der Waals surface area contributed by atoms with Crippen molar-refractivity contribution in [3.8, 4) is 45.3 Å². The fourth-order valence-corrected chi connectivity index (χ4v) is 8.66. The Balaban J connectivity index is 1.54. The third-order valence-corrected chi connectivity index (χ3v) is 12.3. The van der Waals surface area contributed by atoms with E-state index < -0.39 is 5.41 Å². The lowest BCUT2D eigenvalue weighted by atomic mass is 9.70. The average molecular weight is 789 g/mol. The second-order valence-corrected chi connectivity index (χ2v) is 16.3. The Morgan fingerprint density at radius 1 is 0.714 bits per heavy atom. The van der Waals surface area contributed by atoms with Crippen LogP contribution >= 0.6 is 31.9 Å². The number of fused-ring (bicyclic) bond motifs is 11. The van der Waals surface area contributed by atoms with Gasteiger partial charge in [0.25, 0.3) is 0 Å². The van der Waals surface area contributed by atoms with Gasteiger partial charge in [-0.25, -0.2) is 0 Å². The third-order valence-electron chi connectivity index (χ3n) is 11.4. The van der Waals surface area contributed by atoms with Crippen molar-refractivity contribution in [2.75, 3.05) is 13.2 Å². The largest absolute Gasteiger partial charge is 0.489 e. The highest BCUT2D eigenvalue weighted by atomic mass is 79.9. The molecular weight excluding hydrogens is 740 g/mol. The molecule has 0 fully saturated rings. The van der Waals surface area contributed by atoms with E-state index in [0.29, 0.717) is 31.0 Å². The standard InChI is InChI=1S/C43H48Br2O4/c1-8-24(5)22-46-38-18-32-33-19-40-39(47-23-27(11-4)42(49-40)25(6)9-2)20-36(33)43(37(32)21-41(38)48-26(7)10-3)34-16-28(44)12-14-30(34)31-15-13-29(45)17-35(31)43/h12-21,24-27,42H,8-11,22-23H2,1-7H3. The summed E-state index contributed by atoms with van der Waals surface area (Å²) in [5.74, 6) is 4.39. The fourth-order valence-electron chi connectivity index (χ4n) is 7.94. The predicted molar refractivity (Wildman–Crippen MR) is 207 cm³/mol. The van der Waals surface area contributed by atoms with Crippen LogP contribution in [0, 0.1) is 17.8 Å². The molecule has 5 atom stereocenters. The first-order chi connectivity index (χ1) is 23.6. The molecule has 0 saturated carbocycles. The first-order valence-corrected chi connectivity index (χ1v) is 19.8. The predicted octanol–water partition coefficient (Wildman–Crippen LogP) is 12.4. The van der Waals surface area contributed by atoms with Crippen LogP contribution in [0.5, 0.6) is 23.0 Å². The minimum atomic E-state index is -0.601. The quantitative estimate of drug-likeness (QED) is 0.139. The third kappa shape index (κ3) is 5.69. The van der Waals surface area contributed by atoms with Crippen molar-refractivity contribution in [2.24, 2.45) is 17.8 Å². The molecule has 1 spiro atoms. The number of hydrogen-bond donors (Lipinski definition) is 0. The van der Waals surface area contributed by atoms with Crippen molar-refractivity contribution in [2.45, 2.75) is 91.8 Å². The number of rotatable bonds is 10. The van der Waals surface area contributed by atoms with Gasteiger partial charge in [0.2, 0.25) is 0 Å². The molecule has 258 valence electrons. The molecule has 4 aromatic carbocycles. The summed E-state index contributed by atoms with van der Waals surface area (Å²) in [5.41, 5.74) is 9.05. The van der Waals surface area contributed by atoms with Gasteiger partial charge in [0.1, 0.15) is 6.10 Å². The Bertz CT molecular complexity index is 1830. The van der Waals surface area contributed by atoms with Crippen molar-refractivity contribution < 1.29 is 18.9 Å². The maximum absolute atomic E-state index is 7.00. The van der Waals surface area contributed by atoms with Crippen LogP contribution in [0.15, 0.2) is 69.6 Å². The van der Waals surface area contributed by atoms with E-state index in [1.54, 1.807) is 0 Å². The maximum Gasteiger partial charge on any atom is 0.162 e. The van der Waals surface area contributed by atoms with Gasteiger partial charge in [-0.1, -0.05) is 98.4 Å². The average Bonchev–Trinajstić information content (AvgIpc) is 3.44. The molecule has 0 bridgehead atoms. The van der Waals surface area contributed by atoms with Crippen molar-refractivity contribution in [3.63, 3.8) is 0 Å². The van der Waals surface area contributed by atoms with Crippen LogP contribution in [0.4, 0.5) is 0 Å². The molecule has 0 saturated heterocycles. The first kappa shape index (κ1) is 34.5. The molecule has 2 aliphatic carbocycles. The fraction of sp³-hybridized carbons (Fsp3) is 0.442. The molecule has 4 aromatic rings. The molecule has 0 amide bonds. The van der Waals surface area contributed by atoms with Crippen LogP contribution in [-0.4, -0.2) is 25.4 Å². The van der Waals surface area contributed by atoms with Gasteiger partial charge in [-0.15, -0.1) is 0 Å². The van der Waals surface area contributed by atoms with E-state index in [4.69, 9.17) is 18.9 Å². The van der Waals surface area contributed by atoms with Crippen molar-refractivity contribution in [3.05, 3.63) is 91.9 Å². The Morgan fingerprint density at radius 3 is 1.96 bits per heavy atom. The highest BCUT2D eigenvalue weighted by Crippen LogP contribution is 2.65. The van der Waals surface area contributed by atoms with Gasteiger partial charge in [-0.2, -0.15) is 0 Å². The van der Waals surface area contributed by atoms with Gasteiger partial charge in [0.05, 0.1) is 24.7 Å². The summed E-state index contributed by atoms with van der Waals surface area (Å²) in [5, 5.41) is 0. The molecule has 0 N–H and O–H groups in total. The SMILES string of the molecule is CCC(C)COc1cc2c(cc1OC(C)CC)C1(c3cc(Br)ccc3-c3ccc(Br)cc31)c1cc3c(cc1-2)OC(C(C)CC)C(CC)CO3. The van der Waals surface area contributed by atoms with Crippen molar-refractivity contribution in [1.82, 2.24) is 0 Å². The summed E-state index contributed by atoms with van der Waals surface area (Å²) in [7, 11) is 0. The number of hydrogen-bond acceptors (Lipinski definition) is 4. The van der Waals surface area contributed by atoms with Crippen LogP contribution in [-0.2, 0) is 5.41 Å². The zero-order chi connectivity index (χ0) is 34.6. The topological polar surface area (TPSA) is 36.9 Å². The van der Waals surface area contributed by atoms with Gasteiger partial charge in [-0.05, 0) is 125 Å². The molecule has 7 rings (SSSR count). The van der Waals surface area contributed by atoms with Crippen LogP contribution in [0.3, 0.4) is 0 Å². The van der Waals surface area contributed by atoms with Crippen LogP contribution < -0.4 is 18.9 Å². The van der Waals surface area contributed by atoms with Crippen LogP contribution in [0.25, 0.3) is 22.3 Å². The van der Waals surface area contributed by atoms with Crippen molar-refractivity contribution >= 4 is 31.9 Å². The number of benzene rings is 4. The highest BCUT2D eigenvalue weighted by Gasteiger charge is 2.53. The lowest BCUT2D eigenvalue weighted by molar-refractivity contribution is 0.0714. The minimum Gasteiger partial charge on any atom is -0.489 e. The Labute approximate surface area is 309 Å². The van der Waals surface area contributed by atoms with E-state index in [1.807, 2.05) is 0 Å². The van der Waals surface area contributed by atoms with E-state index in [9.17, 15) is 0 Å². The number of halogens is 2. The zero-order valence-electron chi connectivity index (χ0n) is 29.8. The summed E-state index contributed by atoms with van der Waals surface area (Å²) in [4.78, 5) is 0. The number of ether oxygens (including phenoxy) is 4. The summed E-state index contributed by atoms with van der Waals surface area (Å²) in [6, 6.07) is 22.5. The summed E-state index contributed by atoms with van der Waals surface area (Å²) in [6.07, 6.45) is 4.14. The molecule has 5 unspecified atom stereocenters. The van der Waals surface area contributed by atoms with E-state index >= 15 is 0 Å². The van der Waals surface area contributed by atoms with Gasteiger partial charge >= 0.3 is 0 Å². The maximum atomic E-state index is 7.00. The van der Waals surface area contributed by atoms with Crippen molar-refractivity contribution in [1.29, 1.82) is 0 Å². The Hall–Kier alpha value is -2.96. The lowest BCUT2D eigenvalue weighted by Crippen LogP contribution is -2.34. The van der Waals surface area contributed by atoms with Crippen LogP contribution in [0.1, 0.15) is 96.4 Å². The molecule has 0 radical (unpaired) electrons. The minimum absolute atomic E-state index is 0.0389.